The van der Waals surface area contributed by atoms with Gasteiger partial charge < -0.3 is 19.8 Å². The summed E-state index contributed by atoms with van der Waals surface area (Å²) in [5.41, 5.74) is 3.55. The number of anilines is 4. The van der Waals surface area contributed by atoms with E-state index in [0.29, 0.717) is 69.8 Å². The Morgan fingerprint density at radius 1 is 0.645 bits per heavy atom. The van der Waals surface area contributed by atoms with Crippen LogP contribution in [0.25, 0.3) is 56.9 Å². The highest BCUT2D eigenvalue weighted by Gasteiger charge is 2.46. The second kappa shape index (κ2) is 17.5. The first-order chi connectivity index (χ1) is 36.4. The Hall–Kier alpha value is -9.03. The lowest BCUT2D eigenvalue weighted by Crippen LogP contribution is -2.28. The number of hydrogen-bond donors (Lipinski definition) is 2. The molecule has 10 aromatic rings. The van der Waals surface area contributed by atoms with E-state index in [0.717, 1.165) is 36.0 Å². The normalized spacial score (nSPS) is 15.1. The average molecular weight is 1040 g/mol. The lowest BCUT2D eigenvalue weighted by molar-refractivity contribution is 0.0226. The van der Waals surface area contributed by atoms with E-state index < -0.39 is 64.2 Å². The second-order valence-electron chi connectivity index (χ2n) is 18.8. The van der Waals surface area contributed by atoms with Crippen LogP contribution in [-0.4, -0.2) is 78.2 Å². The van der Waals surface area contributed by atoms with Crippen LogP contribution < -0.4 is 10.6 Å². The van der Waals surface area contributed by atoms with Gasteiger partial charge in [-0.3, -0.25) is 9.13 Å². The molecule has 386 valence electrons. The summed E-state index contributed by atoms with van der Waals surface area (Å²) in [6.07, 6.45) is 6.38. The van der Waals surface area contributed by atoms with Gasteiger partial charge in [0.15, 0.2) is 23.3 Å². The molecule has 0 fully saturated rings. The Morgan fingerprint density at radius 3 is 1.72 bits per heavy atom. The molecule has 0 spiro atoms. The van der Waals surface area contributed by atoms with Crippen molar-refractivity contribution in [2.45, 2.75) is 78.2 Å². The van der Waals surface area contributed by atoms with Crippen molar-refractivity contribution in [3.63, 3.8) is 0 Å². The van der Waals surface area contributed by atoms with Gasteiger partial charge in [0, 0.05) is 68.0 Å². The van der Waals surface area contributed by atoms with E-state index in [1.165, 1.54) is 38.1 Å². The summed E-state index contributed by atoms with van der Waals surface area (Å²) >= 11 is 0. The smallest absolute Gasteiger partial charge is 0.334 e. The van der Waals surface area contributed by atoms with Crippen molar-refractivity contribution in [3.8, 4) is 56.9 Å². The monoisotopic (exact) mass is 1040 g/mol. The van der Waals surface area contributed by atoms with Crippen molar-refractivity contribution in [2.75, 3.05) is 10.6 Å². The van der Waals surface area contributed by atoms with E-state index in [2.05, 4.69) is 41.1 Å². The van der Waals surface area contributed by atoms with E-state index in [1.54, 1.807) is 56.9 Å². The number of benzene rings is 2. The van der Waals surface area contributed by atoms with Crippen molar-refractivity contribution in [1.82, 2.24) is 78.2 Å². The number of halogens is 7. The fourth-order valence-corrected chi connectivity index (χ4v) is 10.1. The number of aryl methyl sites for hydroxylation is 3. The summed E-state index contributed by atoms with van der Waals surface area (Å²) in [5.74, 6) is -10.7. The number of alkyl halides is 4. The van der Waals surface area contributed by atoms with Crippen LogP contribution in [0.3, 0.4) is 0 Å². The zero-order valence-corrected chi connectivity index (χ0v) is 41.2. The maximum absolute atomic E-state index is 16.1. The summed E-state index contributed by atoms with van der Waals surface area (Å²) < 4.78 is 118. The molecular formula is C51H43F7N18. The summed E-state index contributed by atoms with van der Waals surface area (Å²) in [6, 6.07) is 13.6. The van der Waals surface area contributed by atoms with Gasteiger partial charge in [-0.25, -0.2) is 42.5 Å². The highest BCUT2D eigenvalue weighted by Crippen LogP contribution is 2.45. The van der Waals surface area contributed by atoms with Crippen LogP contribution in [-0.2, 0) is 38.5 Å². The molecule has 2 N–H and O–H groups in total. The molecule has 18 nitrogen and oxygen atoms in total. The van der Waals surface area contributed by atoms with E-state index in [4.69, 9.17) is 20.1 Å². The number of fused-ring (bicyclic) bond motifs is 6. The summed E-state index contributed by atoms with van der Waals surface area (Å²) in [4.78, 5) is 19.2. The highest BCUT2D eigenvalue weighted by molar-refractivity contribution is 5.78. The van der Waals surface area contributed by atoms with E-state index >= 15 is 22.0 Å². The summed E-state index contributed by atoms with van der Waals surface area (Å²) in [5, 5.41) is 31.4. The van der Waals surface area contributed by atoms with Gasteiger partial charge in [-0.2, -0.15) is 27.8 Å². The fourth-order valence-electron chi connectivity index (χ4n) is 10.1. The van der Waals surface area contributed by atoms with Gasteiger partial charge in [0.05, 0.1) is 57.9 Å². The quantitative estimate of drug-likeness (QED) is 0.111. The molecule has 2 aromatic carbocycles. The molecule has 10 heterocycles. The van der Waals surface area contributed by atoms with Gasteiger partial charge >= 0.3 is 11.8 Å². The molecule has 0 radical (unpaired) electrons. The molecule has 0 saturated heterocycles. The summed E-state index contributed by atoms with van der Waals surface area (Å²) in [7, 11) is 1.55. The Labute approximate surface area is 427 Å². The van der Waals surface area contributed by atoms with Gasteiger partial charge in [0.25, 0.3) is 0 Å². The molecule has 2 aliphatic heterocycles. The number of aromatic nitrogens is 16. The number of hydrogen-bond acceptors (Lipinski definition) is 12. The molecule has 76 heavy (non-hydrogen) atoms. The molecule has 0 saturated carbocycles. The zero-order valence-electron chi connectivity index (χ0n) is 41.2. The van der Waals surface area contributed by atoms with Crippen molar-refractivity contribution < 1.29 is 30.7 Å². The third-order valence-electron chi connectivity index (χ3n) is 13.8. The van der Waals surface area contributed by atoms with Gasteiger partial charge in [-0.15, -0.1) is 20.4 Å². The molecule has 2 atom stereocenters. The maximum Gasteiger partial charge on any atom is 0.334 e. The molecule has 0 aliphatic carbocycles. The highest BCUT2D eigenvalue weighted by atomic mass is 19.3. The Kier molecular flexibility index (Phi) is 11.1. The molecule has 12 rings (SSSR count). The molecule has 8 aromatic heterocycles. The minimum absolute atomic E-state index is 0.00405. The molecule has 25 heteroatoms. The van der Waals surface area contributed by atoms with Crippen LogP contribution in [0.15, 0.2) is 91.5 Å². The van der Waals surface area contributed by atoms with Crippen LogP contribution >= 0.6 is 0 Å². The van der Waals surface area contributed by atoms with Gasteiger partial charge in [-0.05, 0) is 76.6 Å². The maximum atomic E-state index is 16.1. The van der Waals surface area contributed by atoms with Crippen LogP contribution in [0.4, 0.5) is 54.3 Å². The van der Waals surface area contributed by atoms with Crippen molar-refractivity contribution >= 4 is 23.5 Å². The van der Waals surface area contributed by atoms with Gasteiger partial charge in [0.2, 0.25) is 23.5 Å². The number of nitrogens with zero attached hydrogens (tertiary/aromatic N) is 16. The van der Waals surface area contributed by atoms with E-state index in [-0.39, 0.29) is 35.9 Å². The molecule has 2 aliphatic rings. The SMILES string of the molecule is CCn1nc(-c2nc(Nc3c(F)cnn3C)nc(-c3cc4n(c3)C[C@H](C)n3c-4nnc3C(F)(F)c3ccccc3F)c2C)cc1Nc1ncc(C)c(-c2cc3n(c2)C[C@H](C)n2c-3nnc2C(F)(F)c2ccccc2F)n1. The number of nitrogens with one attached hydrogen (secondary N) is 2. The Balaban J connectivity index is 0.887. The van der Waals surface area contributed by atoms with E-state index in [9.17, 15) is 8.78 Å². The van der Waals surface area contributed by atoms with Gasteiger partial charge in [-0.1, -0.05) is 24.3 Å². The molecule has 0 bridgehead atoms. The van der Waals surface area contributed by atoms with Crippen molar-refractivity contribution in [1.29, 1.82) is 0 Å². The molecule has 0 unspecified atom stereocenters. The predicted molar refractivity (Wildman–Crippen MR) is 263 cm³/mol. The first-order valence-electron chi connectivity index (χ1n) is 24.0. The van der Waals surface area contributed by atoms with Crippen LogP contribution in [0, 0.1) is 31.3 Å². The molecule has 0 amide bonds. The first kappa shape index (κ1) is 47.9. The minimum atomic E-state index is -3.80. The summed E-state index contributed by atoms with van der Waals surface area (Å²) in [6.45, 7) is 9.97. The Bertz CT molecular complexity index is 3910. The average Bonchev–Trinajstić information content (AvgIpc) is 4.27. The van der Waals surface area contributed by atoms with Crippen LogP contribution in [0.5, 0.6) is 0 Å². The van der Waals surface area contributed by atoms with Crippen LogP contribution in [0.2, 0.25) is 0 Å². The third-order valence-corrected chi connectivity index (χ3v) is 13.8. The lowest BCUT2D eigenvalue weighted by atomic mass is 10.1. The topological polar surface area (TPSA) is 183 Å². The Morgan fingerprint density at radius 2 is 1.18 bits per heavy atom. The van der Waals surface area contributed by atoms with Gasteiger partial charge in [0.1, 0.15) is 23.1 Å². The standard InChI is InChI=1S/C51H43F7N18/c1-7-74-39(61-48-59-19-25(2)40(62-48)29-16-37-44-66-68-46(75(44)26(3)21-72(37)23-29)50(55,56)31-12-8-10-14-33(31)52)18-36(70-74)42-28(5)41(63-49(64-42)65-43-35(54)20-60-71(43)6)30-17-38-45-67-69-47(76(45)27(4)22-73(38)24-30)51(57,58)32-13-9-11-15-34(32)53/h8-20,23-24,26-27H,7,21-22H2,1-6H3,(H,59,61,62)(H,63,64,65)/t26-,27-/m0/s1. The lowest BCUT2D eigenvalue weighted by Gasteiger charge is -2.27. The predicted octanol–water partition coefficient (Wildman–Crippen LogP) is 10.3. The van der Waals surface area contributed by atoms with Crippen LogP contribution in [0.1, 0.15) is 66.8 Å². The third kappa shape index (κ3) is 7.61. The van der Waals surface area contributed by atoms with E-state index in [1.807, 2.05) is 35.4 Å². The van der Waals surface area contributed by atoms with Crippen molar-refractivity contribution in [3.05, 3.63) is 143 Å². The first-order valence-corrected chi connectivity index (χ1v) is 24.0. The zero-order chi connectivity index (χ0) is 53.1. The second-order valence-corrected chi connectivity index (χ2v) is 18.8. The minimum Gasteiger partial charge on any atom is -0.342 e. The molecular weight excluding hydrogens is 998 g/mol. The number of rotatable bonds is 12. The fraction of sp³-hybridized carbons (Fsp3) is 0.255. The largest absolute Gasteiger partial charge is 0.342 e. The van der Waals surface area contributed by atoms with Crippen molar-refractivity contribution in [2.24, 2.45) is 7.05 Å².